The molecule has 2 heterocycles. The summed E-state index contributed by atoms with van der Waals surface area (Å²) in [7, 11) is 0. The standard InChI is InChI=1S/C23H31N3O4/c1-17-6-5-7-18(14-17)15-26-9-8-19(20(27)21(26)28)16-24-10-12-25(13-11-24)22(29)30-23(2,3)4/h5-9,14,27H,10-13,15-16H2,1-4H3. The number of hydrogen-bond donors (Lipinski definition) is 1. The Morgan fingerprint density at radius 1 is 1.10 bits per heavy atom. The first kappa shape index (κ1) is 21.9. The van der Waals surface area contributed by atoms with Crippen molar-refractivity contribution in [2.45, 2.75) is 46.4 Å². The first-order chi connectivity index (χ1) is 14.1. The minimum absolute atomic E-state index is 0.209. The number of nitrogens with zero attached hydrogens (tertiary/aromatic N) is 3. The van der Waals surface area contributed by atoms with Gasteiger partial charge in [-0.1, -0.05) is 29.8 Å². The zero-order valence-electron chi connectivity index (χ0n) is 18.2. The summed E-state index contributed by atoms with van der Waals surface area (Å²) in [6.45, 7) is 10.9. The van der Waals surface area contributed by atoms with Gasteiger partial charge in [-0.25, -0.2) is 4.79 Å². The second-order valence-electron chi connectivity index (χ2n) is 8.86. The zero-order valence-corrected chi connectivity index (χ0v) is 18.2. The average Bonchev–Trinajstić information content (AvgIpc) is 2.67. The van der Waals surface area contributed by atoms with E-state index in [1.54, 1.807) is 17.2 Å². The Morgan fingerprint density at radius 3 is 2.43 bits per heavy atom. The number of carbonyl (C=O) groups excluding carboxylic acids is 1. The molecule has 0 aliphatic carbocycles. The number of carbonyl (C=O) groups is 1. The number of hydrogen-bond acceptors (Lipinski definition) is 5. The van der Waals surface area contributed by atoms with Gasteiger partial charge in [0.05, 0.1) is 6.54 Å². The van der Waals surface area contributed by atoms with E-state index in [1.165, 1.54) is 4.57 Å². The SMILES string of the molecule is Cc1cccc(Cn2ccc(CN3CCN(C(=O)OC(C)(C)C)CC3)c(O)c2=O)c1. The van der Waals surface area contributed by atoms with Crippen molar-refractivity contribution in [3.05, 3.63) is 63.6 Å². The normalized spacial score (nSPS) is 15.3. The number of amides is 1. The Morgan fingerprint density at radius 2 is 1.80 bits per heavy atom. The lowest BCUT2D eigenvalue weighted by Crippen LogP contribution is -2.49. The maximum Gasteiger partial charge on any atom is 0.410 e. The molecule has 0 spiro atoms. The second-order valence-corrected chi connectivity index (χ2v) is 8.86. The molecule has 1 saturated heterocycles. The van der Waals surface area contributed by atoms with Gasteiger partial charge in [-0.15, -0.1) is 0 Å². The number of benzene rings is 1. The highest BCUT2D eigenvalue weighted by Crippen LogP contribution is 2.17. The summed E-state index contributed by atoms with van der Waals surface area (Å²) in [5, 5.41) is 10.5. The number of piperazine rings is 1. The molecule has 3 rings (SSSR count). The lowest BCUT2D eigenvalue weighted by atomic mass is 10.1. The van der Waals surface area contributed by atoms with E-state index in [1.807, 2.05) is 52.0 Å². The van der Waals surface area contributed by atoms with Gasteiger partial charge in [0.25, 0.3) is 5.56 Å². The third kappa shape index (κ3) is 5.63. The number of aryl methyl sites for hydroxylation is 1. The molecule has 30 heavy (non-hydrogen) atoms. The third-order valence-electron chi connectivity index (χ3n) is 5.08. The topological polar surface area (TPSA) is 75.0 Å². The molecule has 0 unspecified atom stereocenters. The summed E-state index contributed by atoms with van der Waals surface area (Å²) in [5.74, 6) is -0.209. The molecular weight excluding hydrogens is 382 g/mol. The van der Waals surface area contributed by atoms with E-state index in [-0.39, 0.29) is 17.4 Å². The van der Waals surface area contributed by atoms with Crippen LogP contribution < -0.4 is 5.56 Å². The molecule has 1 aliphatic heterocycles. The summed E-state index contributed by atoms with van der Waals surface area (Å²) in [5.41, 5.74) is 1.85. The van der Waals surface area contributed by atoms with Crippen molar-refractivity contribution in [2.75, 3.05) is 26.2 Å². The first-order valence-electron chi connectivity index (χ1n) is 10.3. The second kappa shape index (κ2) is 8.92. The quantitative estimate of drug-likeness (QED) is 0.834. The van der Waals surface area contributed by atoms with Crippen molar-refractivity contribution in [3.8, 4) is 5.75 Å². The summed E-state index contributed by atoms with van der Waals surface area (Å²) in [6.07, 6.45) is 1.43. The van der Waals surface area contributed by atoms with Crippen LogP contribution in [-0.2, 0) is 17.8 Å². The molecule has 0 radical (unpaired) electrons. The number of ether oxygens (including phenoxy) is 1. The monoisotopic (exact) mass is 413 g/mol. The summed E-state index contributed by atoms with van der Waals surface area (Å²) >= 11 is 0. The van der Waals surface area contributed by atoms with Gasteiger partial charge in [0, 0.05) is 44.5 Å². The molecule has 162 valence electrons. The Balaban J connectivity index is 1.61. The zero-order chi connectivity index (χ0) is 21.9. The summed E-state index contributed by atoms with van der Waals surface area (Å²) in [4.78, 5) is 28.6. The predicted molar refractivity (Wildman–Crippen MR) is 116 cm³/mol. The maximum absolute atomic E-state index is 12.6. The first-order valence-corrected chi connectivity index (χ1v) is 10.3. The molecule has 1 aliphatic rings. The minimum atomic E-state index is -0.512. The van der Waals surface area contributed by atoms with E-state index in [0.717, 1.165) is 11.1 Å². The lowest BCUT2D eigenvalue weighted by molar-refractivity contribution is 0.0138. The van der Waals surface area contributed by atoms with Gasteiger partial charge in [-0.3, -0.25) is 9.69 Å². The van der Waals surface area contributed by atoms with Gasteiger partial charge < -0.3 is 19.3 Å². The molecule has 0 saturated carbocycles. The highest BCUT2D eigenvalue weighted by molar-refractivity contribution is 5.68. The fourth-order valence-electron chi connectivity index (χ4n) is 3.52. The van der Waals surface area contributed by atoms with Crippen molar-refractivity contribution >= 4 is 6.09 Å². The molecule has 7 heteroatoms. The van der Waals surface area contributed by atoms with E-state index >= 15 is 0 Å². The smallest absolute Gasteiger partial charge is 0.410 e. The third-order valence-corrected chi connectivity index (χ3v) is 5.08. The average molecular weight is 414 g/mol. The minimum Gasteiger partial charge on any atom is -0.503 e. The molecule has 1 aromatic heterocycles. The van der Waals surface area contributed by atoms with Crippen LogP contribution in [0.3, 0.4) is 0 Å². The van der Waals surface area contributed by atoms with Crippen LogP contribution in [0.15, 0.2) is 41.3 Å². The Labute approximate surface area is 177 Å². The van der Waals surface area contributed by atoms with Crippen LogP contribution in [0.5, 0.6) is 5.75 Å². The van der Waals surface area contributed by atoms with Crippen molar-refractivity contribution in [1.82, 2.24) is 14.4 Å². The fraction of sp³-hybridized carbons (Fsp3) is 0.478. The molecule has 0 atom stereocenters. The molecular formula is C23H31N3O4. The Kier molecular flexibility index (Phi) is 6.51. The summed E-state index contributed by atoms with van der Waals surface area (Å²) in [6, 6.07) is 9.76. The molecule has 0 bridgehead atoms. The Bertz CT molecular complexity index is 954. The highest BCUT2D eigenvalue weighted by atomic mass is 16.6. The summed E-state index contributed by atoms with van der Waals surface area (Å²) < 4.78 is 6.94. The van der Waals surface area contributed by atoms with Crippen molar-refractivity contribution in [1.29, 1.82) is 0 Å². The van der Waals surface area contributed by atoms with Crippen LogP contribution >= 0.6 is 0 Å². The number of aromatic nitrogens is 1. The molecule has 1 aromatic carbocycles. The van der Waals surface area contributed by atoms with Crippen molar-refractivity contribution in [2.24, 2.45) is 0 Å². The van der Waals surface area contributed by atoms with Crippen LogP contribution in [-0.4, -0.2) is 57.3 Å². The molecule has 1 N–H and O–H groups in total. The highest BCUT2D eigenvalue weighted by Gasteiger charge is 2.26. The van der Waals surface area contributed by atoms with Gasteiger partial charge in [0.1, 0.15) is 5.60 Å². The fourth-order valence-corrected chi connectivity index (χ4v) is 3.52. The van der Waals surface area contributed by atoms with Crippen molar-refractivity contribution in [3.63, 3.8) is 0 Å². The number of pyridine rings is 1. The Hall–Kier alpha value is -2.80. The largest absolute Gasteiger partial charge is 0.503 e. The molecule has 2 aromatic rings. The van der Waals surface area contributed by atoms with E-state index in [9.17, 15) is 14.7 Å². The molecule has 1 amide bonds. The van der Waals surface area contributed by atoms with E-state index in [0.29, 0.717) is 44.8 Å². The van der Waals surface area contributed by atoms with Gasteiger partial charge in [-0.2, -0.15) is 0 Å². The van der Waals surface area contributed by atoms with Gasteiger partial charge in [-0.05, 0) is 39.3 Å². The van der Waals surface area contributed by atoms with E-state index in [2.05, 4.69) is 4.90 Å². The van der Waals surface area contributed by atoms with Crippen LogP contribution in [0.1, 0.15) is 37.5 Å². The number of aromatic hydroxyl groups is 1. The van der Waals surface area contributed by atoms with Gasteiger partial charge >= 0.3 is 6.09 Å². The van der Waals surface area contributed by atoms with Crippen LogP contribution in [0, 0.1) is 6.92 Å². The van der Waals surface area contributed by atoms with Crippen LogP contribution in [0.25, 0.3) is 0 Å². The van der Waals surface area contributed by atoms with Gasteiger partial charge in [0.2, 0.25) is 0 Å². The molecule has 1 fully saturated rings. The lowest BCUT2D eigenvalue weighted by Gasteiger charge is -2.35. The maximum atomic E-state index is 12.6. The van der Waals surface area contributed by atoms with Crippen LogP contribution in [0.2, 0.25) is 0 Å². The number of rotatable bonds is 4. The molecule has 7 nitrogen and oxygen atoms in total. The predicted octanol–water partition coefficient (Wildman–Crippen LogP) is 2.96. The van der Waals surface area contributed by atoms with E-state index in [4.69, 9.17) is 4.74 Å². The van der Waals surface area contributed by atoms with Crippen LogP contribution in [0.4, 0.5) is 4.79 Å². The van der Waals surface area contributed by atoms with Crippen molar-refractivity contribution < 1.29 is 14.6 Å². The van der Waals surface area contributed by atoms with Gasteiger partial charge in [0.15, 0.2) is 5.75 Å². The van der Waals surface area contributed by atoms with E-state index < -0.39 is 5.60 Å².